The molecule has 0 aliphatic rings. The SMILES string of the molecule is CC(N[C@@H](C)c1ccc(F)cc1)C(=O)NCc1ccco1. The second kappa shape index (κ2) is 7.04. The fraction of sp³-hybridized carbons (Fsp3) is 0.312. The molecule has 2 aromatic rings. The monoisotopic (exact) mass is 290 g/mol. The Bertz CT molecular complexity index is 566. The summed E-state index contributed by atoms with van der Waals surface area (Å²) in [5.74, 6) is 0.331. The van der Waals surface area contributed by atoms with Crippen LogP contribution in [0.2, 0.25) is 0 Å². The third-order valence-corrected chi connectivity index (χ3v) is 3.28. The Kier molecular flexibility index (Phi) is 5.11. The quantitative estimate of drug-likeness (QED) is 0.860. The lowest BCUT2D eigenvalue weighted by molar-refractivity contribution is -0.123. The van der Waals surface area contributed by atoms with Crippen molar-refractivity contribution >= 4 is 5.91 Å². The summed E-state index contributed by atoms with van der Waals surface area (Å²) in [6, 6.07) is 9.42. The normalized spacial score (nSPS) is 13.7. The van der Waals surface area contributed by atoms with E-state index in [4.69, 9.17) is 4.42 Å². The van der Waals surface area contributed by atoms with Crippen molar-refractivity contribution in [3.8, 4) is 0 Å². The van der Waals surface area contributed by atoms with Gasteiger partial charge in [0.1, 0.15) is 11.6 Å². The molecule has 2 rings (SSSR count). The number of hydrogen-bond acceptors (Lipinski definition) is 3. The molecule has 2 N–H and O–H groups in total. The highest BCUT2D eigenvalue weighted by Gasteiger charge is 2.16. The lowest BCUT2D eigenvalue weighted by atomic mass is 10.1. The van der Waals surface area contributed by atoms with E-state index in [9.17, 15) is 9.18 Å². The summed E-state index contributed by atoms with van der Waals surface area (Å²) in [6.45, 7) is 4.09. The zero-order valence-corrected chi connectivity index (χ0v) is 12.1. The van der Waals surface area contributed by atoms with Gasteiger partial charge in [0, 0.05) is 6.04 Å². The Morgan fingerprint density at radius 1 is 1.24 bits per heavy atom. The minimum Gasteiger partial charge on any atom is -0.467 e. The van der Waals surface area contributed by atoms with Gasteiger partial charge in [-0.3, -0.25) is 10.1 Å². The predicted octanol–water partition coefficient (Wildman–Crippen LogP) is 2.77. The Hall–Kier alpha value is -2.14. The summed E-state index contributed by atoms with van der Waals surface area (Å²) >= 11 is 0. The Balaban J connectivity index is 1.83. The molecule has 0 saturated heterocycles. The number of furan rings is 1. The van der Waals surface area contributed by atoms with Crippen LogP contribution in [0.5, 0.6) is 0 Å². The van der Waals surface area contributed by atoms with E-state index in [0.29, 0.717) is 12.3 Å². The van der Waals surface area contributed by atoms with Crippen LogP contribution in [-0.4, -0.2) is 11.9 Å². The molecule has 0 aliphatic carbocycles. The van der Waals surface area contributed by atoms with Gasteiger partial charge in [0.2, 0.25) is 5.91 Å². The van der Waals surface area contributed by atoms with Gasteiger partial charge in [-0.05, 0) is 43.7 Å². The zero-order chi connectivity index (χ0) is 15.2. The van der Waals surface area contributed by atoms with Gasteiger partial charge in [0.05, 0.1) is 18.8 Å². The van der Waals surface area contributed by atoms with Crippen LogP contribution in [0, 0.1) is 5.82 Å². The minimum absolute atomic E-state index is 0.0463. The molecule has 0 spiro atoms. The average molecular weight is 290 g/mol. The second-order valence-corrected chi connectivity index (χ2v) is 4.96. The Morgan fingerprint density at radius 3 is 2.57 bits per heavy atom. The van der Waals surface area contributed by atoms with E-state index in [0.717, 1.165) is 5.56 Å². The van der Waals surface area contributed by atoms with Crippen molar-refractivity contribution in [2.45, 2.75) is 32.5 Å². The smallest absolute Gasteiger partial charge is 0.237 e. The van der Waals surface area contributed by atoms with Gasteiger partial charge >= 0.3 is 0 Å². The number of benzene rings is 1. The molecule has 0 aliphatic heterocycles. The van der Waals surface area contributed by atoms with E-state index in [1.807, 2.05) is 6.92 Å². The molecule has 1 amide bonds. The average Bonchev–Trinajstić information content (AvgIpc) is 2.98. The predicted molar refractivity (Wildman–Crippen MR) is 78.0 cm³/mol. The number of hydrogen-bond donors (Lipinski definition) is 2. The van der Waals surface area contributed by atoms with Crippen molar-refractivity contribution in [1.82, 2.24) is 10.6 Å². The summed E-state index contributed by atoms with van der Waals surface area (Å²) in [4.78, 5) is 12.0. The lowest BCUT2D eigenvalue weighted by Crippen LogP contribution is -2.42. The van der Waals surface area contributed by atoms with E-state index in [1.54, 1.807) is 37.5 Å². The van der Waals surface area contributed by atoms with Crippen molar-refractivity contribution in [3.63, 3.8) is 0 Å². The Morgan fingerprint density at radius 2 is 1.95 bits per heavy atom. The topological polar surface area (TPSA) is 54.3 Å². The zero-order valence-electron chi connectivity index (χ0n) is 12.1. The summed E-state index contributed by atoms with van der Waals surface area (Å²) in [7, 11) is 0. The van der Waals surface area contributed by atoms with Crippen LogP contribution < -0.4 is 10.6 Å². The first kappa shape index (κ1) is 15.3. The molecule has 112 valence electrons. The first-order chi connectivity index (χ1) is 10.1. The summed E-state index contributed by atoms with van der Waals surface area (Å²) in [5.41, 5.74) is 0.932. The molecule has 0 bridgehead atoms. The van der Waals surface area contributed by atoms with Crippen LogP contribution in [0.4, 0.5) is 4.39 Å². The standard InChI is InChI=1S/C16H19FN2O2/c1-11(13-5-7-14(17)8-6-13)19-12(2)16(20)18-10-15-4-3-9-21-15/h3-9,11-12,19H,10H2,1-2H3,(H,18,20)/t11-,12?/m0/s1. The summed E-state index contributed by atoms with van der Waals surface area (Å²) in [6.07, 6.45) is 1.57. The molecule has 4 nitrogen and oxygen atoms in total. The molecule has 1 aromatic heterocycles. The van der Waals surface area contributed by atoms with Crippen LogP contribution in [0.25, 0.3) is 0 Å². The fourth-order valence-electron chi connectivity index (χ4n) is 2.04. The highest BCUT2D eigenvalue weighted by Crippen LogP contribution is 2.13. The van der Waals surface area contributed by atoms with E-state index in [2.05, 4.69) is 10.6 Å². The molecule has 0 fully saturated rings. The molecule has 1 aromatic carbocycles. The third kappa shape index (κ3) is 4.43. The van der Waals surface area contributed by atoms with Gasteiger partial charge in [-0.2, -0.15) is 0 Å². The van der Waals surface area contributed by atoms with Crippen molar-refractivity contribution in [3.05, 3.63) is 59.8 Å². The molecule has 0 radical (unpaired) electrons. The molecule has 1 heterocycles. The van der Waals surface area contributed by atoms with Gasteiger partial charge in [-0.1, -0.05) is 12.1 Å². The number of carbonyl (C=O) groups is 1. The minimum atomic E-state index is -0.361. The Labute approximate surface area is 123 Å². The molecular weight excluding hydrogens is 271 g/mol. The van der Waals surface area contributed by atoms with Crippen LogP contribution in [0.3, 0.4) is 0 Å². The molecule has 2 atom stereocenters. The largest absolute Gasteiger partial charge is 0.467 e. The molecule has 1 unspecified atom stereocenters. The van der Waals surface area contributed by atoms with Crippen LogP contribution in [0.1, 0.15) is 31.2 Å². The van der Waals surface area contributed by atoms with Crippen molar-refractivity contribution in [2.75, 3.05) is 0 Å². The van der Waals surface area contributed by atoms with E-state index in [1.165, 1.54) is 12.1 Å². The van der Waals surface area contributed by atoms with Crippen molar-refractivity contribution < 1.29 is 13.6 Å². The first-order valence-electron chi connectivity index (χ1n) is 6.88. The van der Waals surface area contributed by atoms with Gasteiger partial charge in [0.15, 0.2) is 0 Å². The van der Waals surface area contributed by atoms with E-state index < -0.39 is 0 Å². The summed E-state index contributed by atoms with van der Waals surface area (Å²) in [5, 5.41) is 5.98. The number of halogens is 1. The highest BCUT2D eigenvalue weighted by atomic mass is 19.1. The maximum atomic E-state index is 12.9. The lowest BCUT2D eigenvalue weighted by Gasteiger charge is -2.19. The maximum absolute atomic E-state index is 12.9. The van der Waals surface area contributed by atoms with Gasteiger partial charge in [-0.25, -0.2) is 4.39 Å². The number of amides is 1. The maximum Gasteiger partial charge on any atom is 0.237 e. The molecule has 5 heteroatoms. The van der Waals surface area contributed by atoms with Crippen LogP contribution in [0.15, 0.2) is 47.1 Å². The molecular formula is C16H19FN2O2. The third-order valence-electron chi connectivity index (χ3n) is 3.28. The summed E-state index contributed by atoms with van der Waals surface area (Å²) < 4.78 is 18.0. The van der Waals surface area contributed by atoms with Crippen LogP contribution in [-0.2, 0) is 11.3 Å². The first-order valence-corrected chi connectivity index (χ1v) is 6.88. The van der Waals surface area contributed by atoms with Crippen molar-refractivity contribution in [1.29, 1.82) is 0 Å². The molecule has 0 saturated carbocycles. The van der Waals surface area contributed by atoms with Crippen molar-refractivity contribution in [2.24, 2.45) is 0 Å². The number of carbonyl (C=O) groups excluding carboxylic acids is 1. The van der Waals surface area contributed by atoms with Gasteiger partial charge in [0.25, 0.3) is 0 Å². The van der Waals surface area contributed by atoms with Gasteiger partial charge < -0.3 is 9.73 Å². The second-order valence-electron chi connectivity index (χ2n) is 4.96. The van der Waals surface area contributed by atoms with Crippen LogP contribution >= 0.6 is 0 Å². The van der Waals surface area contributed by atoms with Gasteiger partial charge in [-0.15, -0.1) is 0 Å². The molecule has 21 heavy (non-hydrogen) atoms. The number of nitrogens with one attached hydrogen (secondary N) is 2. The van der Waals surface area contributed by atoms with E-state index in [-0.39, 0.29) is 23.8 Å². The fourth-order valence-corrected chi connectivity index (χ4v) is 2.04. The highest BCUT2D eigenvalue weighted by molar-refractivity contribution is 5.81. The van der Waals surface area contributed by atoms with E-state index >= 15 is 0 Å². The number of rotatable bonds is 6.